The van der Waals surface area contributed by atoms with Gasteiger partial charge >= 0.3 is 0 Å². The first-order valence-corrected chi connectivity index (χ1v) is 15.0. The number of thiazole rings is 1. The molecule has 0 fully saturated rings. The van der Waals surface area contributed by atoms with Gasteiger partial charge in [-0.25, -0.2) is 4.98 Å². The molecule has 0 aliphatic carbocycles. The van der Waals surface area contributed by atoms with E-state index in [0.29, 0.717) is 17.4 Å². The van der Waals surface area contributed by atoms with Gasteiger partial charge in [-0.05, 0) is 67.1 Å². The summed E-state index contributed by atoms with van der Waals surface area (Å²) in [5.41, 5.74) is 3.06. The number of carbonyl (C=O) groups is 2. The van der Waals surface area contributed by atoms with E-state index < -0.39 is 16.1 Å². The topological polar surface area (TPSA) is 123 Å². The number of ether oxygens (including phenoxy) is 1. The van der Waals surface area contributed by atoms with E-state index in [1.165, 1.54) is 47.4 Å². The Kier molecular flexibility index (Phi) is 9.45. The quantitative estimate of drug-likeness (QED) is 0.0887. The number of rotatable bonds is 11. The molecule has 1 heterocycles. The number of anilines is 2. The summed E-state index contributed by atoms with van der Waals surface area (Å²) in [5.74, 6) is 0.112. The van der Waals surface area contributed by atoms with Crippen LogP contribution in [0.15, 0.2) is 113 Å². The van der Waals surface area contributed by atoms with E-state index in [4.69, 9.17) is 4.74 Å². The van der Waals surface area contributed by atoms with E-state index in [1.807, 2.05) is 79.0 Å². The Morgan fingerprint density at radius 3 is 2.40 bits per heavy atom. The second kappa shape index (κ2) is 13.8. The summed E-state index contributed by atoms with van der Waals surface area (Å²) in [5, 5.41) is 18.6. The highest BCUT2D eigenvalue weighted by molar-refractivity contribution is 8.00. The van der Waals surface area contributed by atoms with Crippen molar-refractivity contribution in [2.45, 2.75) is 17.1 Å². The predicted molar refractivity (Wildman–Crippen MR) is 170 cm³/mol. The zero-order valence-corrected chi connectivity index (χ0v) is 24.6. The average Bonchev–Trinajstić information content (AvgIpc) is 3.50. The van der Waals surface area contributed by atoms with Crippen LogP contribution in [0.25, 0.3) is 11.3 Å². The molecule has 0 saturated heterocycles. The lowest BCUT2D eigenvalue weighted by molar-refractivity contribution is -0.384. The molecule has 5 rings (SSSR count). The Morgan fingerprint density at radius 1 is 0.953 bits per heavy atom. The van der Waals surface area contributed by atoms with Gasteiger partial charge in [-0.1, -0.05) is 36.4 Å². The van der Waals surface area contributed by atoms with Gasteiger partial charge in [0.1, 0.15) is 11.0 Å². The molecule has 4 aromatic carbocycles. The lowest BCUT2D eigenvalue weighted by atomic mass is 10.1. The van der Waals surface area contributed by atoms with Crippen LogP contribution in [0.5, 0.6) is 5.75 Å². The normalized spacial score (nSPS) is 11.4. The highest BCUT2D eigenvalue weighted by Crippen LogP contribution is 2.37. The van der Waals surface area contributed by atoms with Gasteiger partial charge in [0.25, 0.3) is 11.6 Å². The van der Waals surface area contributed by atoms with Crippen molar-refractivity contribution in [3.63, 3.8) is 0 Å². The van der Waals surface area contributed by atoms with Crippen LogP contribution < -0.4 is 15.4 Å². The molecule has 0 saturated carbocycles. The first kappa shape index (κ1) is 29.5. The number of carbonyl (C=O) groups excluding carboxylic acids is 2. The molecule has 11 heteroatoms. The Labute approximate surface area is 256 Å². The number of amides is 2. The Hall–Kier alpha value is -5.00. The number of nitro benzene ring substituents is 1. The lowest BCUT2D eigenvalue weighted by Gasteiger charge is -2.16. The molecule has 0 aliphatic heterocycles. The maximum atomic E-state index is 13.5. The Morgan fingerprint density at radius 2 is 1.70 bits per heavy atom. The van der Waals surface area contributed by atoms with Crippen LogP contribution in [-0.2, 0) is 4.79 Å². The number of hydrogen-bond acceptors (Lipinski definition) is 8. The molecule has 1 unspecified atom stereocenters. The minimum Gasteiger partial charge on any atom is -0.494 e. The fourth-order valence-electron chi connectivity index (χ4n) is 4.14. The summed E-state index contributed by atoms with van der Waals surface area (Å²) in [6.07, 6.45) is 0. The molecular weight excluding hydrogens is 585 g/mol. The first-order chi connectivity index (χ1) is 20.9. The summed E-state index contributed by atoms with van der Waals surface area (Å²) in [7, 11) is 0. The van der Waals surface area contributed by atoms with Crippen molar-refractivity contribution >= 4 is 51.4 Å². The molecule has 0 bridgehead atoms. The van der Waals surface area contributed by atoms with Crippen LogP contribution >= 0.6 is 23.1 Å². The Balaban J connectivity index is 1.27. The minimum atomic E-state index is -0.565. The van der Waals surface area contributed by atoms with Crippen molar-refractivity contribution in [3.05, 3.63) is 130 Å². The van der Waals surface area contributed by atoms with E-state index in [-0.39, 0.29) is 17.2 Å². The molecule has 1 atom stereocenters. The molecule has 0 spiro atoms. The van der Waals surface area contributed by atoms with Crippen LogP contribution in [0.3, 0.4) is 0 Å². The third-order valence-corrected chi connectivity index (χ3v) is 8.25. The lowest BCUT2D eigenvalue weighted by Crippen LogP contribution is -2.19. The molecule has 1 aromatic heterocycles. The van der Waals surface area contributed by atoms with Crippen molar-refractivity contribution in [2.24, 2.45) is 0 Å². The van der Waals surface area contributed by atoms with Gasteiger partial charge in [0, 0.05) is 39.2 Å². The van der Waals surface area contributed by atoms with E-state index in [9.17, 15) is 19.7 Å². The van der Waals surface area contributed by atoms with Gasteiger partial charge in [0.2, 0.25) is 5.91 Å². The van der Waals surface area contributed by atoms with Gasteiger partial charge in [0.15, 0.2) is 5.13 Å². The maximum Gasteiger partial charge on any atom is 0.270 e. The molecule has 43 heavy (non-hydrogen) atoms. The zero-order chi connectivity index (χ0) is 30.2. The number of nitrogens with zero attached hydrogens (tertiary/aromatic N) is 2. The summed E-state index contributed by atoms with van der Waals surface area (Å²) in [4.78, 5) is 42.1. The molecule has 0 radical (unpaired) electrons. The van der Waals surface area contributed by atoms with Crippen LogP contribution in [-0.4, -0.2) is 28.3 Å². The number of hydrogen-bond donors (Lipinski definition) is 2. The van der Waals surface area contributed by atoms with E-state index in [1.54, 1.807) is 12.1 Å². The highest BCUT2D eigenvalue weighted by atomic mass is 32.2. The average molecular weight is 611 g/mol. The summed E-state index contributed by atoms with van der Waals surface area (Å²) >= 11 is 2.72. The molecule has 0 aliphatic rings. The molecule has 9 nitrogen and oxygen atoms in total. The maximum absolute atomic E-state index is 13.5. The predicted octanol–water partition coefficient (Wildman–Crippen LogP) is 7.84. The van der Waals surface area contributed by atoms with Gasteiger partial charge in [-0.2, -0.15) is 0 Å². The number of benzene rings is 4. The second-order valence-corrected chi connectivity index (χ2v) is 11.2. The number of nitro groups is 1. The van der Waals surface area contributed by atoms with Gasteiger partial charge in [-0.3, -0.25) is 19.7 Å². The SMILES string of the molecule is CCOc1ccc(-c2csc(NC(=O)C(Sc3ccc(NC(=O)c4cccc([N+](=O)[O-])c4)cc3)c3ccccc3)n2)cc1. The number of thioether (sulfide) groups is 1. The first-order valence-electron chi connectivity index (χ1n) is 13.3. The monoisotopic (exact) mass is 610 g/mol. The van der Waals surface area contributed by atoms with Crippen LogP contribution in [0, 0.1) is 10.1 Å². The standard InChI is InChI=1S/C32H26N4O5S2/c1-2-41-26-15-11-21(12-16-26)28-20-42-32(34-28)35-31(38)29(22-7-4-3-5-8-22)43-27-17-13-24(14-18-27)33-30(37)23-9-6-10-25(19-23)36(39)40/h3-20,29H,2H2,1H3,(H,33,37)(H,34,35,38). The highest BCUT2D eigenvalue weighted by Gasteiger charge is 2.23. The summed E-state index contributed by atoms with van der Waals surface area (Å²) in [6.45, 7) is 2.53. The molecule has 2 amide bonds. The van der Waals surface area contributed by atoms with E-state index >= 15 is 0 Å². The third-order valence-electron chi connectivity index (χ3n) is 6.22. The van der Waals surface area contributed by atoms with Crippen molar-refractivity contribution in [3.8, 4) is 17.0 Å². The van der Waals surface area contributed by atoms with Crippen molar-refractivity contribution < 1.29 is 19.2 Å². The largest absolute Gasteiger partial charge is 0.494 e. The molecular formula is C32H26N4O5S2. The summed E-state index contributed by atoms with van der Waals surface area (Å²) < 4.78 is 5.51. The van der Waals surface area contributed by atoms with E-state index in [0.717, 1.165) is 27.5 Å². The zero-order valence-electron chi connectivity index (χ0n) is 22.9. The van der Waals surface area contributed by atoms with Gasteiger partial charge in [-0.15, -0.1) is 23.1 Å². The van der Waals surface area contributed by atoms with Crippen LogP contribution in [0.2, 0.25) is 0 Å². The minimum absolute atomic E-state index is 0.158. The number of aromatic nitrogens is 1. The fraction of sp³-hybridized carbons (Fsp3) is 0.0938. The van der Waals surface area contributed by atoms with Gasteiger partial charge in [0.05, 0.1) is 17.2 Å². The van der Waals surface area contributed by atoms with Crippen LogP contribution in [0.4, 0.5) is 16.5 Å². The van der Waals surface area contributed by atoms with Crippen molar-refractivity contribution in [1.29, 1.82) is 0 Å². The molecule has 5 aromatic rings. The van der Waals surface area contributed by atoms with E-state index in [2.05, 4.69) is 15.6 Å². The van der Waals surface area contributed by atoms with Gasteiger partial charge < -0.3 is 15.4 Å². The van der Waals surface area contributed by atoms with Crippen molar-refractivity contribution in [2.75, 3.05) is 17.2 Å². The smallest absolute Gasteiger partial charge is 0.270 e. The number of nitrogens with one attached hydrogen (secondary N) is 2. The Bertz CT molecular complexity index is 1730. The molecule has 216 valence electrons. The second-order valence-electron chi connectivity index (χ2n) is 9.18. The third kappa shape index (κ3) is 7.64. The number of non-ortho nitro benzene ring substituents is 1. The molecule has 2 N–H and O–H groups in total. The van der Waals surface area contributed by atoms with Crippen LogP contribution in [0.1, 0.15) is 28.1 Å². The van der Waals surface area contributed by atoms with Crippen molar-refractivity contribution in [1.82, 2.24) is 4.98 Å². The summed E-state index contributed by atoms with van der Waals surface area (Å²) in [6, 6.07) is 29.7. The fourth-order valence-corrected chi connectivity index (χ4v) is 5.89.